The molecule has 0 radical (unpaired) electrons. The smallest absolute Gasteiger partial charge is 0.140 e. The molecule has 0 amide bonds. The van der Waals surface area contributed by atoms with E-state index in [0.29, 0.717) is 5.69 Å². The second-order valence-corrected chi connectivity index (χ2v) is 8.03. The molecule has 0 aromatic heterocycles. The molecule has 0 heterocycles. The monoisotopic (exact) mass is 444 g/mol. The van der Waals surface area contributed by atoms with Crippen molar-refractivity contribution < 1.29 is 9.84 Å². The van der Waals surface area contributed by atoms with Crippen LogP contribution in [0, 0.1) is 0 Å². The molecule has 0 atom stereocenters. The second-order valence-electron chi connectivity index (χ2n) is 8.03. The van der Waals surface area contributed by atoms with Crippen molar-refractivity contribution in [2.75, 3.05) is 7.11 Å². The first-order chi connectivity index (χ1) is 16.7. The first-order valence-corrected chi connectivity index (χ1v) is 11.1. The zero-order valence-electron chi connectivity index (χ0n) is 18.8. The Kier molecular flexibility index (Phi) is 5.90. The van der Waals surface area contributed by atoms with Crippen molar-refractivity contribution in [2.24, 2.45) is 10.2 Å². The van der Waals surface area contributed by atoms with Crippen LogP contribution in [0.2, 0.25) is 0 Å². The van der Waals surface area contributed by atoms with Gasteiger partial charge in [-0.2, -0.15) is 5.11 Å². The molecule has 34 heavy (non-hydrogen) atoms. The van der Waals surface area contributed by atoms with Gasteiger partial charge < -0.3 is 9.84 Å². The Hall–Kier alpha value is -4.28. The van der Waals surface area contributed by atoms with E-state index >= 15 is 0 Å². The van der Waals surface area contributed by atoms with Crippen molar-refractivity contribution >= 4 is 11.4 Å². The van der Waals surface area contributed by atoms with Gasteiger partial charge in [-0.3, -0.25) is 0 Å². The van der Waals surface area contributed by atoms with Crippen LogP contribution < -0.4 is 4.74 Å². The van der Waals surface area contributed by atoms with Crippen LogP contribution in [0.5, 0.6) is 5.75 Å². The molecule has 4 heteroatoms. The fraction of sp³-hybridized carbons (Fsp3) is 0.0667. The van der Waals surface area contributed by atoms with Gasteiger partial charge in [0.15, 0.2) is 0 Å². The van der Waals surface area contributed by atoms with E-state index in [9.17, 15) is 5.11 Å². The first-order valence-electron chi connectivity index (χ1n) is 11.1. The normalized spacial score (nSPS) is 11.7. The number of aliphatic hydroxyl groups is 1. The summed E-state index contributed by atoms with van der Waals surface area (Å²) in [5, 5.41) is 20.9. The molecule has 0 unspecified atom stereocenters. The molecule has 0 saturated carbocycles. The fourth-order valence-electron chi connectivity index (χ4n) is 4.26. The summed E-state index contributed by atoms with van der Waals surface area (Å²) >= 11 is 0. The molecule has 166 valence electrons. The van der Waals surface area contributed by atoms with Gasteiger partial charge in [-0.25, -0.2) is 0 Å². The molecule has 4 nitrogen and oxygen atoms in total. The quantitative estimate of drug-likeness (QED) is 0.218. The van der Waals surface area contributed by atoms with Gasteiger partial charge in [0.1, 0.15) is 11.4 Å². The van der Waals surface area contributed by atoms with Crippen molar-refractivity contribution in [1.82, 2.24) is 0 Å². The van der Waals surface area contributed by atoms with Crippen LogP contribution in [-0.4, -0.2) is 12.2 Å². The molecule has 0 saturated heterocycles. The molecule has 1 N–H and O–H groups in total. The summed E-state index contributed by atoms with van der Waals surface area (Å²) in [7, 11) is 1.65. The fourth-order valence-corrected chi connectivity index (χ4v) is 4.26. The van der Waals surface area contributed by atoms with Gasteiger partial charge >= 0.3 is 0 Å². The molecule has 3 aromatic carbocycles. The highest BCUT2D eigenvalue weighted by molar-refractivity contribution is 5.85. The summed E-state index contributed by atoms with van der Waals surface area (Å²) < 4.78 is 5.51. The lowest BCUT2D eigenvalue weighted by Crippen LogP contribution is -2.28. The van der Waals surface area contributed by atoms with E-state index in [4.69, 9.17) is 4.74 Å². The van der Waals surface area contributed by atoms with Gasteiger partial charge in [0.05, 0.1) is 18.5 Å². The van der Waals surface area contributed by atoms with E-state index in [1.807, 2.05) is 121 Å². The van der Waals surface area contributed by atoms with Crippen LogP contribution in [0.15, 0.2) is 132 Å². The van der Waals surface area contributed by atoms with Crippen LogP contribution in [0.1, 0.15) is 16.7 Å². The Labute approximate surface area is 199 Å². The lowest BCUT2D eigenvalue weighted by molar-refractivity contribution is 0.125. The average Bonchev–Trinajstić information content (AvgIpc) is 3.06. The minimum atomic E-state index is -1.28. The van der Waals surface area contributed by atoms with Gasteiger partial charge in [0.2, 0.25) is 0 Å². The van der Waals surface area contributed by atoms with E-state index in [1.165, 1.54) is 0 Å². The lowest BCUT2D eigenvalue weighted by Gasteiger charge is -2.30. The van der Waals surface area contributed by atoms with Crippen LogP contribution in [0.4, 0.5) is 11.4 Å². The minimum absolute atomic E-state index is 0.695. The Bertz CT molecular complexity index is 1340. The lowest BCUT2D eigenvalue weighted by atomic mass is 9.80. The molecule has 2 aliphatic rings. The largest absolute Gasteiger partial charge is 0.496 e. The van der Waals surface area contributed by atoms with Gasteiger partial charge in [-0.15, -0.1) is 5.11 Å². The number of hydrogen-bond donors (Lipinski definition) is 1. The third-order valence-corrected chi connectivity index (χ3v) is 6.01. The third-order valence-electron chi connectivity index (χ3n) is 6.01. The summed E-state index contributed by atoms with van der Waals surface area (Å²) in [6, 6.07) is 38.8. The number of nitrogens with zero attached hydrogens (tertiary/aromatic N) is 2. The number of benzene rings is 3. The summed E-state index contributed by atoms with van der Waals surface area (Å²) in [5.41, 5.74) is 4.51. The predicted molar refractivity (Wildman–Crippen MR) is 135 cm³/mol. The molecular weight excluding hydrogens is 420 g/mol. The number of methoxy groups -OCH3 is 1. The van der Waals surface area contributed by atoms with Crippen molar-refractivity contribution in [2.45, 2.75) is 5.60 Å². The number of fused-ring (bicyclic) bond motifs is 1. The molecule has 5 rings (SSSR count). The maximum absolute atomic E-state index is 11.9. The summed E-state index contributed by atoms with van der Waals surface area (Å²) in [4.78, 5) is 0. The first kappa shape index (κ1) is 21.6. The van der Waals surface area contributed by atoms with Gasteiger partial charge in [0, 0.05) is 17.2 Å². The Morgan fingerprint density at radius 2 is 1.09 bits per heavy atom. The van der Waals surface area contributed by atoms with Crippen molar-refractivity contribution in [3.63, 3.8) is 0 Å². The van der Waals surface area contributed by atoms with Crippen molar-refractivity contribution in [1.29, 1.82) is 0 Å². The zero-order valence-corrected chi connectivity index (χ0v) is 18.8. The number of ether oxygens (including phenoxy) is 1. The SMILES string of the molecule is COc1cc(N=Nc2ccc(C(O)(c3ccccc3)c3ccccc3)cc2)c2cccccc1-2. The minimum Gasteiger partial charge on any atom is -0.496 e. The molecule has 0 bridgehead atoms. The molecule has 0 aliphatic heterocycles. The summed E-state index contributed by atoms with van der Waals surface area (Å²) in [6.45, 7) is 0. The highest BCUT2D eigenvalue weighted by atomic mass is 16.5. The third kappa shape index (κ3) is 3.96. The Morgan fingerprint density at radius 3 is 1.65 bits per heavy atom. The zero-order chi connectivity index (χ0) is 23.4. The maximum atomic E-state index is 11.9. The van der Waals surface area contributed by atoms with E-state index < -0.39 is 5.60 Å². The van der Waals surface area contributed by atoms with Crippen molar-refractivity contribution in [3.8, 4) is 16.9 Å². The van der Waals surface area contributed by atoms with Crippen LogP contribution in [0.3, 0.4) is 0 Å². The van der Waals surface area contributed by atoms with Gasteiger partial charge in [0.25, 0.3) is 0 Å². The molecular formula is C30H24N2O2. The number of azo groups is 1. The Morgan fingerprint density at radius 1 is 0.588 bits per heavy atom. The molecule has 0 spiro atoms. The van der Waals surface area contributed by atoms with Gasteiger partial charge in [-0.1, -0.05) is 103 Å². The highest BCUT2D eigenvalue weighted by Gasteiger charge is 2.33. The van der Waals surface area contributed by atoms with E-state index in [2.05, 4.69) is 10.2 Å². The Balaban J connectivity index is 1.49. The maximum Gasteiger partial charge on any atom is 0.140 e. The number of hydrogen-bond acceptors (Lipinski definition) is 4. The average molecular weight is 445 g/mol. The van der Waals surface area contributed by atoms with Crippen molar-refractivity contribution in [3.05, 3.63) is 138 Å². The van der Waals surface area contributed by atoms with E-state index in [1.54, 1.807) is 7.11 Å². The van der Waals surface area contributed by atoms with Crippen LogP contribution in [-0.2, 0) is 5.60 Å². The topological polar surface area (TPSA) is 54.2 Å². The molecule has 0 fully saturated rings. The van der Waals surface area contributed by atoms with E-state index in [0.717, 1.165) is 39.3 Å². The van der Waals surface area contributed by atoms with Crippen LogP contribution in [0.25, 0.3) is 11.1 Å². The second kappa shape index (κ2) is 9.30. The summed E-state index contributed by atoms with van der Waals surface area (Å²) in [5.74, 6) is 0.770. The molecule has 3 aromatic rings. The predicted octanol–water partition coefficient (Wildman–Crippen LogP) is 7.50. The number of rotatable bonds is 6. The standard InChI is InChI=1S/C30H24N2O2/c1-34-29-21-28(26-15-9-4-10-16-27(26)29)32-31-25-19-17-24(18-20-25)30(33,22-11-5-2-6-12-22)23-13-7-3-8-14-23/h2-21,33H,1H3. The van der Waals surface area contributed by atoms with E-state index in [-0.39, 0.29) is 0 Å². The van der Waals surface area contributed by atoms with Crippen LogP contribution >= 0.6 is 0 Å². The summed E-state index contributed by atoms with van der Waals surface area (Å²) in [6.07, 6.45) is 0. The molecule has 2 aliphatic carbocycles. The highest BCUT2D eigenvalue weighted by Crippen LogP contribution is 2.43. The van der Waals surface area contributed by atoms with Gasteiger partial charge in [-0.05, 0) is 28.8 Å².